The molecule has 0 spiro atoms. The summed E-state index contributed by atoms with van der Waals surface area (Å²) >= 11 is 7.10. The van der Waals surface area contributed by atoms with E-state index in [0.29, 0.717) is 26.3 Å². The highest BCUT2D eigenvalue weighted by molar-refractivity contribution is 9.11. The van der Waals surface area contributed by atoms with Gasteiger partial charge in [-0.1, -0.05) is 50.1 Å². The van der Waals surface area contributed by atoms with Crippen LogP contribution in [0.15, 0.2) is 51.4 Å². The minimum atomic E-state index is -0.492. The quantitative estimate of drug-likeness (QED) is 0.458. The number of halogens is 2. The lowest BCUT2D eigenvalue weighted by molar-refractivity contribution is -0.0690. The van der Waals surface area contributed by atoms with Crippen molar-refractivity contribution in [3.05, 3.63) is 62.5 Å². The highest BCUT2D eigenvalue weighted by atomic mass is 79.9. The molecule has 33 heavy (non-hydrogen) atoms. The van der Waals surface area contributed by atoms with Gasteiger partial charge in [0.05, 0.1) is 12.6 Å². The zero-order valence-electron chi connectivity index (χ0n) is 19.2. The molecular weight excluding hydrogens is 552 g/mol. The van der Waals surface area contributed by atoms with Crippen LogP contribution >= 0.6 is 31.9 Å². The lowest BCUT2D eigenvalue weighted by atomic mass is 9.95. The van der Waals surface area contributed by atoms with Crippen LogP contribution in [0.25, 0.3) is 0 Å². The van der Waals surface area contributed by atoms with E-state index < -0.39 is 5.60 Å². The Bertz CT molecular complexity index is 966. The number of carbonyl (C=O) groups is 1. The van der Waals surface area contributed by atoms with Gasteiger partial charge in [0.25, 0.3) is 0 Å². The number of nitrogens with zero attached hydrogens (tertiary/aromatic N) is 2. The Morgan fingerprint density at radius 3 is 2.39 bits per heavy atom. The summed E-state index contributed by atoms with van der Waals surface area (Å²) in [5.74, 6) is 0.905. The molecule has 0 aliphatic carbocycles. The number of fused-ring (bicyclic) bond motifs is 1. The summed E-state index contributed by atoms with van der Waals surface area (Å²) in [6.45, 7) is 9.41. The maximum Gasteiger partial charge on any atom is 0.410 e. The molecule has 0 saturated carbocycles. The first-order valence-electron chi connectivity index (χ1n) is 11.2. The van der Waals surface area contributed by atoms with Gasteiger partial charge in [0.15, 0.2) is 0 Å². The average Bonchev–Trinajstić information content (AvgIpc) is 2.75. The number of para-hydroxylation sites is 1. The number of rotatable bonds is 4. The molecule has 2 aromatic rings. The Morgan fingerprint density at radius 2 is 1.73 bits per heavy atom. The molecular formula is C25H30Br2N2O4. The van der Waals surface area contributed by atoms with E-state index in [1.807, 2.05) is 45.0 Å². The lowest BCUT2D eigenvalue weighted by Crippen LogP contribution is -2.54. The molecule has 0 bridgehead atoms. The highest BCUT2D eigenvalue weighted by Gasteiger charge is 2.38. The Labute approximate surface area is 212 Å². The predicted molar refractivity (Wildman–Crippen MR) is 134 cm³/mol. The van der Waals surface area contributed by atoms with Gasteiger partial charge in [0.1, 0.15) is 24.1 Å². The smallest absolute Gasteiger partial charge is 0.410 e. The molecule has 1 fully saturated rings. The van der Waals surface area contributed by atoms with Gasteiger partial charge in [0.2, 0.25) is 0 Å². The summed E-state index contributed by atoms with van der Waals surface area (Å²) in [4.78, 5) is 16.7. The number of carbonyl (C=O) groups excluding carboxylic acids is 1. The molecule has 8 heteroatoms. The molecule has 2 atom stereocenters. The van der Waals surface area contributed by atoms with Crippen molar-refractivity contribution in [1.29, 1.82) is 0 Å². The zero-order chi connectivity index (χ0) is 23.6. The summed E-state index contributed by atoms with van der Waals surface area (Å²) in [5, 5.41) is 0. The summed E-state index contributed by atoms with van der Waals surface area (Å²) in [6, 6.07) is 14.4. The molecule has 2 aliphatic heterocycles. The van der Waals surface area contributed by atoms with Gasteiger partial charge in [-0.15, -0.1) is 0 Å². The Balaban J connectivity index is 1.47. The van der Waals surface area contributed by atoms with Gasteiger partial charge in [-0.3, -0.25) is 4.90 Å². The third kappa shape index (κ3) is 6.29. The van der Waals surface area contributed by atoms with Crippen LogP contribution in [0.2, 0.25) is 0 Å². The molecule has 1 saturated heterocycles. The van der Waals surface area contributed by atoms with Crippen molar-refractivity contribution in [2.75, 3.05) is 32.8 Å². The van der Waals surface area contributed by atoms with E-state index in [1.165, 1.54) is 0 Å². The van der Waals surface area contributed by atoms with Gasteiger partial charge in [0, 0.05) is 40.7 Å². The van der Waals surface area contributed by atoms with Crippen molar-refractivity contribution in [3.8, 4) is 5.75 Å². The molecule has 0 radical (unpaired) electrons. The number of hydrogen-bond acceptors (Lipinski definition) is 5. The summed E-state index contributed by atoms with van der Waals surface area (Å²) in [7, 11) is 0. The first-order chi connectivity index (χ1) is 15.7. The van der Waals surface area contributed by atoms with E-state index in [1.54, 1.807) is 4.90 Å². The minimum absolute atomic E-state index is 0.0614. The van der Waals surface area contributed by atoms with Crippen molar-refractivity contribution in [2.45, 2.75) is 45.1 Å². The molecule has 0 unspecified atom stereocenters. The average molecular weight is 582 g/mol. The van der Waals surface area contributed by atoms with Crippen LogP contribution in [0, 0.1) is 0 Å². The van der Waals surface area contributed by atoms with Crippen LogP contribution in [0.3, 0.4) is 0 Å². The molecule has 2 aliphatic rings. The molecule has 2 heterocycles. The minimum Gasteiger partial charge on any atom is -0.490 e. The fourth-order valence-electron chi connectivity index (χ4n) is 4.30. The van der Waals surface area contributed by atoms with E-state index in [0.717, 1.165) is 38.9 Å². The van der Waals surface area contributed by atoms with Crippen LogP contribution in [-0.4, -0.2) is 60.4 Å². The second kappa shape index (κ2) is 10.3. The van der Waals surface area contributed by atoms with E-state index in [-0.39, 0.29) is 18.2 Å². The van der Waals surface area contributed by atoms with Crippen molar-refractivity contribution in [1.82, 2.24) is 9.80 Å². The maximum atomic E-state index is 12.5. The Morgan fingerprint density at radius 1 is 1.06 bits per heavy atom. The van der Waals surface area contributed by atoms with E-state index >= 15 is 0 Å². The fourth-order valence-corrected chi connectivity index (χ4v) is 5.69. The van der Waals surface area contributed by atoms with Crippen LogP contribution in [0.4, 0.5) is 4.79 Å². The normalized spacial score (nSPS) is 21.3. The van der Waals surface area contributed by atoms with Crippen molar-refractivity contribution < 1.29 is 19.0 Å². The van der Waals surface area contributed by atoms with E-state index in [2.05, 4.69) is 55.0 Å². The zero-order valence-corrected chi connectivity index (χ0v) is 22.4. The number of benzene rings is 2. The molecule has 0 N–H and O–H groups in total. The van der Waals surface area contributed by atoms with Gasteiger partial charge in [-0.05, 0) is 50.6 Å². The summed E-state index contributed by atoms with van der Waals surface area (Å²) in [6.07, 6.45) is -0.367. The van der Waals surface area contributed by atoms with Crippen LogP contribution in [0.1, 0.15) is 37.9 Å². The number of amides is 1. The van der Waals surface area contributed by atoms with Crippen LogP contribution in [-0.2, 0) is 16.1 Å². The molecule has 1 amide bonds. The number of hydrogen-bond donors (Lipinski definition) is 0. The van der Waals surface area contributed by atoms with Gasteiger partial charge in [-0.2, -0.15) is 0 Å². The Hall–Kier alpha value is -1.61. The van der Waals surface area contributed by atoms with Crippen LogP contribution in [0.5, 0.6) is 5.75 Å². The fraction of sp³-hybridized carbons (Fsp3) is 0.480. The van der Waals surface area contributed by atoms with Crippen molar-refractivity contribution in [3.63, 3.8) is 0 Å². The third-order valence-electron chi connectivity index (χ3n) is 5.74. The third-order valence-corrected chi connectivity index (χ3v) is 6.65. The molecule has 2 aromatic carbocycles. The molecule has 4 rings (SSSR count). The summed E-state index contributed by atoms with van der Waals surface area (Å²) in [5.41, 5.74) is 1.73. The van der Waals surface area contributed by atoms with Gasteiger partial charge in [-0.25, -0.2) is 4.79 Å². The molecule has 6 nitrogen and oxygen atoms in total. The van der Waals surface area contributed by atoms with E-state index in [4.69, 9.17) is 14.2 Å². The maximum absolute atomic E-state index is 12.5. The summed E-state index contributed by atoms with van der Waals surface area (Å²) < 4.78 is 20.1. The predicted octanol–water partition coefficient (Wildman–Crippen LogP) is 5.78. The lowest BCUT2D eigenvalue weighted by Gasteiger charge is -2.44. The second-order valence-corrected chi connectivity index (χ2v) is 11.3. The topological polar surface area (TPSA) is 51.2 Å². The van der Waals surface area contributed by atoms with Crippen molar-refractivity contribution >= 4 is 38.0 Å². The monoisotopic (exact) mass is 580 g/mol. The standard InChI is InChI=1S/C25H30Br2N2O4/c1-25(2,3)33-24(30)29-10-8-28(9-11-29)23-20-6-4-5-7-21(20)32-16-22(23)31-15-17-12-18(26)14-19(27)13-17/h4-7,12-14,22-23H,8-11,15-16H2,1-3H3/t22-,23-/m1/s1. The Kier molecular flexibility index (Phi) is 7.68. The first kappa shape index (κ1) is 24.5. The molecule has 0 aromatic heterocycles. The number of ether oxygens (including phenoxy) is 3. The van der Waals surface area contributed by atoms with Crippen LogP contribution < -0.4 is 4.74 Å². The van der Waals surface area contributed by atoms with E-state index in [9.17, 15) is 4.79 Å². The highest BCUT2D eigenvalue weighted by Crippen LogP contribution is 2.38. The van der Waals surface area contributed by atoms with Gasteiger partial charge >= 0.3 is 6.09 Å². The second-order valence-electron chi connectivity index (χ2n) is 9.42. The molecule has 178 valence electrons. The first-order valence-corrected chi connectivity index (χ1v) is 12.8. The SMILES string of the molecule is CC(C)(C)OC(=O)N1CCN([C@@H]2c3ccccc3OC[C@H]2OCc2cc(Br)cc(Br)c2)CC1. The van der Waals surface area contributed by atoms with Crippen molar-refractivity contribution in [2.24, 2.45) is 0 Å². The van der Waals surface area contributed by atoms with Gasteiger partial charge < -0.3 is 19.1 Å². The largest absolute Gasteiger partial charge is 0.490 e. The number of piperazine rings is 1.